The van der Waals surface area contributed by atoms with Gasteiger partial charge in [0.2, 0.25) is 0 Å². The van der Waals surface area contributed by atoms with E-state index in [-0.39, 0.29) is 0 Å². The molecule has 0 spiro atoms. The molecule has 5 atom stereocenters. The van der Waals surface area contributed by atoms with Gasteiger partial charge in [-0.15, -0.1) is 0 Å². The molecule has 10 nitrogen and oxygen atoms in total. The normalized spacial score (nSPS) is 19.8. The highest BCUT2D eigenvalue weighted by atomic mass is 31.1. The molecule has 0 aromatic carbocycles. The maximum Gasteiger partial charge on any atom is 0.317 e. The Morgan fingerprint density at radius 2 is 1.72 bits per heavy atom. The number of hydrogen-bond acceptors (Lipinski definition) is 8. The molecule has 0 saturated carbocycles. The van der Waals surface area contributed by atoms with Crippen molar-refractivity contribution in [2.45, 2.75) is 18.3 Å². The molecule has 2 unspecified atom stereocenters. The summed E-state index contributed by atoms with van der Waals surface area (Å²) in [6.07, 6.45) is -5.72. The Morgan fingerprint density at radius 1 is 1.17 bits per heavy atom. The zero-order valence-electron chi connectivity index (χ0n) is 8.92. The fourth-order valence-electron chi connectivity index (χ4n) is 0.959. The highest BCUT2D eigenvalue weighted by Gasteiger charge is 2.34. The van der Waals surface area contributed by atoms with Crippen LogP contribution in [0.1, 0.15) is 0 Å². The van der Waals surface area contributed by atoms with Crippen LogP contribution in [0.3, 0.4) is 0 Å². The van der Waals surface area contributed by atoms with Crippen molar-refractivity contribution in [2.24, 2.45) is 0 Å². The quantitative estimate of drug-likeness (QED) is 0.285. The molecule has 5 N–H and O–H groups in total. The van der Waals surface area contributed by atoms with Crippen molar-refractivity contribution in [2.75, 3.05) is 13.2 Å². The lowest BCUT2D eigenvalue weighted by molar-refractivity contribution is -0.139. The monoisotopic (exact) mass is 308 g/mol. The Bertz CT molecular complexity index is 319. The summed E-state index contributed by atoms with van der Waals surface area (Å²) in [7, 11) is -7.01. The zero-order valence-corrected chi connectivity index (χ0v) is 10.9. The minimum atomic E-state index is -3.61. The van der Waals surface area contributed by atoms with Gasteiger partial charge < -0.3 is 29.6 Å². The Kier molecular flexibility index (Phi) is 8.79. The lowest BCUT2D eigenvalue weighted by atomic mass is 10.1. The van der Waals surface area contributed by atoms with Gasteiger partial charge in [-0.1, -0.05) is 0 Å². The number of ketones is 1. The highest BCUT2D eigenvalue weighted by Crippen LogP contribution is 2.23. The van der Waals surface area contributed by atoms with Crippen LogP contribution in [0, 0.1) is 0 Å². The molecule has 0 aromatic heterocycles. The number of carbonyl (C=O) groups excluding carboxylic acids is 1. The molecule has 0 heterocycles. The van der Waals surface area contributed by atoms with E-state index in [1.165, 1.54) is 0 Å². The largest absolute Gasteiger partial charge is 0.394 e. The van der Waals surface area contributed by atoms with Crippen LogP contribution >= 0.6 is 16.5 Å². The van der Waals surface area contributed by atoms with Gasteiger partial charge in [0, 0.05) is 0 Å². The molecule has 0 aliphatic rings. The fourth-order valence-corrected chi connectivity index (χ4v) is 1.71. The van der Waals surface area contributed by atoms with E-state index in [2.05, 4.69) is 9.05 Å². The van der Waals surface area contributed by atoms with E-state index in [9.17, 15) is 19.0 Å². The van der Waals surface area contributed by atoms with Crippen molar-refractivity contribution < 1.29 is 48.1 Å². The molecule has 0 bridgehead atoms. The van der Waals surface area contributed by atoms with Crippen LogP contribution < -0.4 is 0 Å². The SMILES string of the molecule is O=C(CO[PH](=O)O)[C@@H](O[PH](=O)O)[C@H](O)[C@H](O)CO. The van der Waals surface area contributed by atoms with Crippen LogP contribution in [-0.4, -0.2) is 62.4 Å². The first-order valence-electron chi connectivity index (χ1n) is 4.54. The van der Waals surface area contributed by atoms with Crippen molar-refractivity contribution in [1.82, 2.24) is 0 Å². The van der Waals surface area contributed by atoms with Crippen molar-refractivity contribution in [3.8, 4) is 0 Å². The summed E-state index contributed by atoms with van der Waals surface area (Å²) in [6.45, 7) is -1.87. The molecule has 108 valence electrons. The van der Waals surface area contributed by atoms with E-state index >= 15 is 0 Å². The minimum Gasteiger partial charge on any atom is -0.394 e. The van der Waals surface area contributed by atoms with Crippen molar-refractivity contribution in [3.05, 3.63) is 0 Å². The maximum atomic E-state index is 11.4. The van der Waals surface area contributed by atoms with Crippen LogP contribution in [0.5, 0.6) is 0 Å². The molecule has 0 rings (SSSR count). The van der Waals surface area contributed by atoms with Crippen LogP contribution in [-0.2, 0) is 23.0 Å². The third-order valence-corrected chi connectivity index (χ3v) is 2.62. The molecule has 12 heteroatoms. The molecule has 0 amide bonds. The first-order chi connectivity index (χ1) is 8.29. The Hall–Kier alpha value is -0.150. The minimum absolute atomic E-state index is 0.919. The summed E-state index contributed by atoms with van der Waals surface area (Å²) in [5, 5.41) is 27.0. The molecule has 0 saturated heterocycles. The zero-order chi connectivity index (χ0) is 14.3. The van der Waals surface area contributed by atoms with Crippen LogP contribution in [0.15, 0.2) is 0 Å². The van der Waals surface area contributed by atoms with Gasteiger partial charge in [-0.3, -0.25) is 18.4 Å². The van der Waals surface area contributed by atoms with Gasteiger partial charge in [0.25, 0.3) is 0 Å². The molecule has 18 heavy (non-hydrogen) atoms. The summed E-state index contributed by atoms with van der Waals surface area (Å²) >= 11 is 0. The lowest BCUT2D eigenvalue weighted by Crippen LogP contribution is -2.45. The predicted octanol–water partition coefficient (Wildman–Crippen LogP) is -2.56. The lowest BCUT2D eigenvalue weighted by Gasteiger charge is -2.23. The Labute approximate surface area is 103 Å². The smallest absolute Gasteiger partial charge is 0.317 e. The molecular formula is C6H14O10P2. The molecule has 0 aliphatic heterocycles. The summed E-state index contributed by atoms with van der Waals surface area (Å²) in [6, 6.07) is 0. The summed E-state index contributed by atoms with van der Waals surface area (Å²) < 4.78 is 29.0. The number of hydrogen-bond donors (Lipinski definition) is 5. The second-order valence-corrected chi connectivity index (χ2v) is 4.65. The van der Waals surface area contributed by atoms with E-state index in [1.54, 1.807) is 0 Å². The molecular weight excluding hydrogens is 294 g/mol. The van der Waals surface area contributed by atoms with E-state index in [0.29, 0.717) is 0 Å². The number of carbonyl (C=O) groups is 1. The third kappa shape index (κ3) is 6.69. The fraction of sp³-hybridized carbons (Fsp3) is 0.833. The van der Waals surface area contributed by atoms with E-state index < -0.39 is 53.8 Å². The first kappa shape index (κ1) is 17.8. The van der Waals surface area contributed by atoms with Gasteiger partial charge in [-0.05, 0) is 0 Å². The van der Waals surface area contributed by atoms with Gasteiger partial charge >= 0.3 is 16.5 Å². The molecule has 0 fully saturated rings. The van der Waals surface area contributed by atoms with Gasteiger partial charge in [0.05, 0.1) is 6.61 Å². The van der Waals surface area contributed by atoms with Crippen LogP contribution in [0.4, 0.5) is 0 Å². The molecule has 0 aromatic rings. The Morgan fingerprint density at radius 3 is 2.11 bits per heavy atom. The second kappa shape index (κ2) is 8.87. The van der Waals surface area contributed by atoms with Crippen molar-refractivity contribution in [3.63, 3.8) is 0 Å². The Balaban J connectivity index is 4.70. The highest BCUT2D eigenvalue weighted by molar-refractivity contribution is 7.32. The summed E-state index contributed by atoms with van der Waals surface area (Å²) in [4.78, 5) is 28.2. The summed E-state index contributed by atoms with van der Waals surface area (Å²) in [5.41, 5.74) is 0. The number of rotatable bonds is 9. The molecule has 0 radical (unpaired) electrons. The standard InChI is InChI=1S/C6H14O10P2/c7-1-3(8)5(10)6(16-18(13)14)4(9)2-15-17(11)12/h3,5-8,10,17-18H,1-2H2,(H,11,12)(H,13,14)/t3-,5-,6-/m1/s1. The summed E-state index contributed by atoms with van der Waals surface area (Å²) in [5.74, 6) is -1.13. The van der Waals surface area contributed by atoms with Gasteiger partial charge in [-0.25, -0.2) is 0 Å². The number of Topliss-reactive ketones (excluding diaryl/α,β-unsaturated/α-hetero) is 1. The van der Waals surface area contributed by atoms with Gasteiger partial charge in [0.15, 0.2) is 11.9 Å². The molecule has 0 aliphatic carbocycles. The average Bonchev–Trinajstić information content (AvgIpc) is 2.30. The third-order valence-electron chi connectivity index (χ3n) is 1.77. The van der Waals surface area contributed by atoms with Gasteiger partial charge in [0.1, 0.15) is 18.8 Å². The van der Waals surface area contributed by atoms with Crippen molar-refractivity contribution in [1.29, 1.82) is 0 Å². The number of aliphatic hydroxyl groups is 3. The topological polar surface area (TPSA) is 171 Å². The van der Waals surface area contributed by atoms with Crippen molar-refractivity contribution >= 4 is 22.3 Å². The van der Waals surface area contributed by atoms with Gasteiger partial charge in [-0.2, -0.15) is 0 Å². The van der Waals surface area contributed by atoms with E-state index in [4.69, 9.17) is 20.0 Å². The van der Waals surface area contributed by atoms with Crippen LogP contribution in [0.25, 0.3) is 0 Å². The van der Waals surface area contributed by atoms with E-state index in [0.717, 1.165) is 0 Å². The van der Waals surface area contributed by atoms with Crippen LogP contribution in [0.2, 0.25) is 0 Å². The second-order valence-electron chi connectivity index (χ2n) is 3.07. The van der Waals surface area contributed by atoms with E-state index in [1.807, 2.05) is 0 Å². The average molecular weight is 308 g/mol. The maximum absolute atomic E-state index is 11.4. The number of aliphatic hydroxyl groups excluding tert-OH is 3. The first-order valence-corrected chi connectivity index (χ1v) is 7.07. The predicted molar refractivity (Wildman–Crippen MR) is 57.4 cm³/mol.